The van der Waals surface area contributed by atoms with Gasteiger partial charge in [0.1, 0.15) is 6.29 Å². The zero-order valence-corrected chi connectivity index (χ0v) is 9.50. The molecular weight excluding hydrogens is 206 g/mol. The van der Waals surface area contributed by atoms with Gasteiger partial charge in [0.05, 0.1) is 0 Å². The van der Waals surface area contributed by atoms with E-state index >= 15 is 0 Å². The van der Waals surface area contributed by atoms with Gasteiger partial charge in [0, 0.05) is 30.1 Å². The zero-order chi connectivity index (χ0) is 10.5. The second kappa shape index (κ2) is 5.21. The molecule has 1 aromatic rings. The van der Waals surface area contributed by atoms with Crippen LogP contribution in [0.4, 0.5) is 5.69 Å². The highest BCUT2D eigenvalue weighted by atomic mass is 32.2. The van der Waals surface area contributed by atoms with E-state index in [4.69, 9.17) is 0 Å². The summed E-state index contributed by atoms with van der Waals surface area (Å²) >= 11 is 2.02. The number of hydrogen-bond donors (Lipinski definition) is 0. The van der Waals surface area contributed by atoms with Crippen LogP contribution in [0.3, 0.4) is 0 Å². The van der Waals surface area contributed by atoms with Gasteiger partial charge in [-0.25, -0.2) is 0 Å². The summed E-state index contributed by atoms with van der Waals surface area (Å²) in [7, 11) is 0. The number of nitrogens with zero attached hydrogens (tertiary/aromatic N) is 1. The summed E-state index contributed by atoms with van der Waals surface area (Å²) in [4.78, 5) is 12.9. The lowest BCUT2D eigenvalue weighted by Gasteiger charge is -2.22. The van der Waals surface area contributed by atoms with E-state index in [1.165, 1.54) is 23.6 Å². The molecule has 2 rings (SSSR count). The molecule has 1 aromatic carbocycles. The number of anilines is 1. The van der Waals surface area contributed by atoms with Gasteiger partial charge in [-0.05, 0) is 36.4 Å². The number of carbonyl (C=O) groups excluding carboxylic acids is 1. The molecule has 80 valence electrons. The molecule has 1 saturated heterocycles. The molecule has 15 heavy (non-hydrogen) atoms. The minimum absolute atomic E-state index is 0.753. The molecule has 0 radical (unpaired) electrons. The predicted molar refractivity (Wildman–Crippen MR) is 66.0 cm³/mol. The molecule has 0 atom stereocenters. The van der Waals surface area contributed by atoms with E-state index in [1.807, 2.05) is 36.0 Å². The SMILES string of the molecule is O=Cc1ccc(N2CCCSCC2)cc1. The first kappa shape index (κ1) is 10.6. The third-order valence-corrected chi connectivity index (χ3v) is 3.67. The summed E-state index contributed by atoms with van der Waals surface area (Å²) in [5.74, 6) is 2.47. The van der Waals surface area contributed by atoms with Gasteiger partial charge in [0.15, 0.2) is 0 Å². The summed E-state index contributed by atoms with van der Waals surface area (Å²) in [5, 5.41) is 0. The van der Waals surface area contributed by atoms with Crippen molar-refractivity contribution < 1.29 is 4.79 Å². The molecule has 1 aliphatic heterocycles. The molecule has 0 saturated carbocycles. The topological polar surface area (TPSA) is 20.3 Å². The van der Waals surface area contributed by atoms with Crippen LogP contribution in [0, 0.1) is 0 Å². The Kier molecular flexibility index (Phi) is 3.67. The maximum absolute atomic E-state index is 10.5. The third-order valence-electron chi connectivity index (χ3n) is 2.62. The van der Waals surface area contributed by atoms with Crippen molar-refractivity contribution >= 4 is 23.7 Å². The monoisotopic (exact) mass is 221 g/mol. The Morgan fingerprint density at radius 2 is 1.93 bits per heavy atom. The first-order chi connectivity index (χ1) is 7.40. The number of benzene rings is 1. The van der Waals surface area contributed by atoms with Crippen LogP contribution in [-0.4, -0.2) is 30.9 Å². The highest BCUT2D eigenvalue weighted by Crippen LogP contribution is 2.19. The van der Waals surface area contributed by atoms with Crippen LogP contribution >= 0.6 is 11.8 Å². The molecule has 0 spiro atoms. The zero-order valence-electron chi connectivity index (χ0n) is 8.69. The maximum Gasteiger partial charge on any atom is 0.150 e. The number of hydrogen-bond acceptors (Lipinski definition) is 3. The minimum atomic E-state index is 0.753. The standard InChI is InChI=1S/C12H15NOS/c14-10-11-2-4-12(5-3-11)13-6-1-8-15-9-7-13/h2-5,10H,1,6-9H2. The van der Waals surface area contributed by atoms with Crippen molar-refractivity contribution in [2.45, 2.75) is 6.42 Å². The summed E-state index contributed by atoms with van der Waals surface area (Å²) in [5.41, 5.74) is 1.99. The third kappa shape index (κ3) is 2.75. The first-order valence-electron chi connectivity index (χ1n) is 5.28. The molecule has 0 aliphatic carbocycles. The molecule has 3 heteroatoms. The van der Waals surface area contributed by atoms with E-state index in [9.17, 15) is 4.79 Å². The van der Waals surface area contributed by atoms with Gasteiger partial charge in [-0.3, -0.25) is 4.79 Å². The maximum atomic E-state index is 10.5. The minimum Gasteiger partial charge on any atom is -0.371 e. The van der Waals surface area contributed by atoms with Crippen molar-refractivity contribution in [1.29, 1.82) is 0 Å². The summed E-state index contributed by atoms with van der Waals surface area (Å²) < 4.78 is 0. The summed E-state index contributed by atoms with van der Waals surface area (Å²) in [6, 6.07) is 7.86. The fourth-order valence-electron chi connectivity index (χ4n) is 1.77. The average Bonchev–Trinajstić information content (AvgIpc) is 2.58. The fourth-order valence-corrected chi connectivity index (χ4v) is 2.65. The van der Waals surface area contributed by atoms with Crippen molar-refractivity contribution in [3.05, 3.63) is 29.8 Å². The van der Waals surface area contributed by atoms with Crippen LogP contribution in [0.15, 0.2) is 24.3 Å². The van der Waals surface area contributed by atoms with E-state index in [0.29, 0.717) is 0 Å². The van der Waals surface area contributed by atoms with E-state index in [1.54, 1.807) is 0 Å². The summed E-state index contributed by atoms with van der Waals surface area (Å²) in [6.45, 7) is 2.25. The lowest BCUT2D eigenvalue weighted by molar-refractivity contribution is 0.112. The van der Waals surface area contributed by atoms with Gasteiger partial charge in [-0.2, -0.15) is 11.8 Å². The van der Waals surface area contributed by atoms with Crippen molar-refractivity contribution in [3.8, 4) is 0 Å². The molecular formula is C12H15NOS. The molecule has 1 heterocycles. The number of thioether (sulfide) groups is 1. The van der Waals surface area contributed by atoms with Gasteiger partial charge in [0.2, 0.25) is 0 Å². The molecule has 1 fully saturated rings. The van der Waals surface area contributed by atoms with Gasteiger partial charge >= 0.3 is 0 Å². The van der Waals surface area contributed by atoms with E-state index < -0.39 is 0 Å². The highest BCUT2D eigenvalue weighted by molar-refractivity contribution is 7.99. The van der Waals surface area contributed by atoms with Crippen LogP contribution in [0.5, 0.6) is 0 Å². The van der Waals surface area contributed by atoms with Crippen LogP contribution in [0.1, 0.15) is 16.8 Å². The van der Waals surface area contributed by atoms with Crippen LogP contribution < -0.4 is 4.90 Å². The number of carbonyl (C=O) groups is 1. The van der Waals surface area contributed by atoms with Crippen molar-refractivity contribution in [3.63, 3.8) is 0 Å². The van der Waals surface area contributed by atoms with Crippen molar-refractivity contribution in [2.75, 3.05) is 29.5 Å². The lowest BCUT2D eigenvalue weighted by Crippen LogP contribution is -2.25. The van der Waals surface area contributed by atoms with E-state index in [0.717, 1.165) is 24.9 Å². The predicted octanol–water partition coefficient (Wildman–Crippen LogP) is 2.44. The van der Waals surface area contributed by atoms with Crippen LogP contribution in [0.25, 0.3) is 0 Å². The Hall–Kier alpha value is -0.960. The largest absolute Gasteiger partial charge is 0.371 e. The Labute approximate surface area is 94.7 Å². The molecule has 1 aliphatic rings. The second-order valence-electron chi connectivity index (χ2n) is 3.66. The smallest absolute Gasteiger partial charge is 0.150 e. The lowest BCUT2D eigenvalue weighted by atomic mass is 10.2. The molecule has 0 aromatic heterocycles. The molecule has 0 bridgehead atoms. The molecule has 0 N–H and O–H groups in total. The molecule has 0 amide bonds. The molecule has 0 unspecified atom stereocenters. The van der Waals surface area contributed by atoms with E-state index in [-0.39, 0.29) is 0 Å². The van der Waals surface area contributed by atoms with Crippen LogP contribution in [-0.2, 0) is 0 Å². The fraction of sp³-hybridized carbons (Fsp3) is 0.417. The van der Waals surface area contributed by atoms with Gasteiger partial charge in [-0.15, -0.1) is 0 Å². The Morgan fingerprint density at radius 3 is 2.67 bits per heavy atom. The number of aldehydes is 1. The summed E-state index contributed by atoms with van der Waals surface area (Å²) in [6.07, 6.45) is 2.14. The first-order valence-corrected chi connectivity index (χ1v) is 6.43. The van der Waals surface area contributed by atoms with Crippen molar-refractivity contribution in [2.24, 2.45) is 0 Å². The van der Waals surface area contributed by atoms with Gasteiger partial charge in [0.25, 0.3) is 0 Å². The highest BCUT2D eigenvalue weighted by Gasteiger charge is 2.09. The van der Waals surface area contributed by atoms with E-state index in [2.05, 4.69) is 4.90 Å². The second-order valence-corrected chi connectivity index (χ2v) is 4.89. The van der Waals surface area contributed by atoms with Gasteiger partial charge < -0.3 is 4.90 Å². The Balaban J connectivity index is 2.09. The number of rotatable bonds is 2. The Bertz CT molecular complexity index is 315. The molecule has 2 nitrogen and oxygen atoms in total. The van der Waals surface area contributed by atoms with Gasteiger partial charge in [-0.1, -0.05) is 0 Å². The normalized spacial score (nSPS) is 17.2. The average molecular weight is 221 g/mol. The van der Waals surface area contributed by atoms with Crippen LogP contribution in [0.2, 0.25) is 0 Å². The Morgan fingerprint density at radius 1 is 1.13 bits per heavy atom. The quantitative estimate of drug-likeness (QED) is 0.715. The van der Waals surface area contributed by atoms with Crippen molar-refractivity contribution in [1.82, 2.24) is 0 Å².